The van der Waals surface area contributed by atoms with Crippen LogP contribution in [0.25, 0.3) is 0 Å². The average Bonchev–Trinajstić information content (AvgIpc) is 3.37. The van der Waals surface area contributed by atoms with Crippen LogP contribution < -0.4 is 4.74 Å². The van der Waals surface area contributed by atoms with Crippen LogP contribution in [0, 0.1) is 0 Å². The molecule has 2 aromatic carbocycles. The molecule has 0 aromatic heterocycles. The van der Waals surface area contributed by atoms with Crippen LogP contribution in [0.2, 0.25) is 0 Å². The molecule has 0 bridgehead atoms. The number of benzene rings is 2. The van der Waals surface area contributed by atoms with Gasteiger partial charge in [-0.2, -0.15) is 0 Å². The van der Waals surface area contributed by atoms with Gasteiger partial charge in [0.15, 0.2) is 0 Å². The minimum atomic E-state index is -3.63. The molecular weight excluding hydrogens is 324 g/mol. The number of hydrogen-bond donors (Lipinski definition) is 0. The highest BCUT2D eigenvalue weighted by Crippen LogP contribution is 2.34. The fraction of sp³-hybridized carbons (Fsp3) is 0.368. The van der Waals surface area contributed by atoms with Crippen LogP contribution in [0.1, 0.15) is 26.3 Å². The Morgan fingerprint density at radius 1 is 1.12 bits per heavy atom. The lowest BCUT2D eigenvalue weighted by atomic mass is 9.87. The minimum Gasteiger partial charge on any atom is -0.489 e. The summed E-state index contributed by atoms with van der Waals surface area (Å²) in [6, 6.07) is 13.8. The maximum Gasteiger partial charge on any atom is 0.210 e. The Labute approximate surface area is 143 Å². The van der Waals surface area contributed by atoms with Gasteiger partial charge in [-0.3, -0.25) is 0 Å². The predicted molar refractivity (Wildman–Crippen MR) is 92.3 cm³/mol. The molecule has 1 saturated heterocycles. The van der Waals surface area contributed by atoms with Crippen molar-refractivity contribution in [1.29, 1.82) is 0 Å². The largest absolute Gasteiger partial charge is 0.489 e. The van der Waals surface area contributed by atoms with E-state index in [0.29, 0.717) is 19.0 Å². The molecule has 0 saturated carbocycles. The third kappa shape index (κ3) is 3.62. The molecule has 4 nitrogen and oxygen atoms in total. The van der Waals surface area contributed by atoms with Crippen LogP contribution in [-0.4, -0.2) is 27.7 Å². The molecule has 1 aliphatic heterocycles. The van der Waals surface area contributed by atoms with Gasteiger partial charge in [0.1, 0.15) is 23.4 Å². The zero-order valence-electron chi connectivity index (χ0n) is 14.2. The van der Waals surface area contributed by atoms with E-state index in [9.17, 15) is 8.42 Å². The highest BCUT2D eigenvalue weighted by Gasteiger charge is 2.28. The molecule has 1 aliphatic rings. The normalized spacial score (nSPS) is 17.5. The van der Waals surface area contributed by atoms with Gasteiger partial charge in [-0.1, -0.05) is 45.0 Å². The van der Waals surface area contributed by atoms with Crippen molar-refractivity contribution in [2.45, 2.75) is 42.1 Å². The van der Waals surface area contributed by atoms with E-state index < -0.39 is 9.84 Å². The fourth-order valence-electron chi connectivity index (χ4n) is 2.38. The Bertz CT molecular complexity index is 816. The number of sulfone groups is 1. The summed E-state index contributed by atoms with van der Waals surface area (Å²) >= 11 is 0. The van der Waals surface area contributed by atoms with Gasteiger partial charge in [0, 0.05) is 0 Å². The van der Waals surface area contributed by atoms with Gasteiger partial charge in [0.05, 0.1) is 11.5 Å². The smallest absolute Gasteiger partial charge is 0.210 e. The van der Waals surface area contributed by atoms with Crippen LogP contribution in [0.5, 0.6) is 5.75 Å². The third-order valence-electron chi connectivity index (χ3n) is 3.98. The number of rotatable bonds is 5. The summed E-state index contributed by atoms with van der Waals surface area (Å²) in [5.74, 6) is 0.391. The maximum absolute atomic E-state index is 13.0. The number of epoxide rings is 1. The van der Waals surface area contributed by atoms with Crippen LogP contribution >= 0.6 is 0 Å². The highest BCUT2D eigenvalue weighted by molar-refractivity contribution is 7.91. The van der Waals surface area contributed by atoms with E-state index in [-0.39, 0.29) is 21.3 Å². The maximum atomic E-state index is 13.0. The molecule has 24 heavy (non-hydrogen) atoms. The summed E-state index contributed by atoms with van der Waals surface area (Å²) in [5, 5.41) is 0. The Hall–Kier alpha value is -1.85. The average molecular weight is 346 g/mol. The lowest BCUT2D eigenvalue weighted by Gasteiger charge is -2.21. The van der Waals surface area contributed by atoms with Gasteiger partial charge in [0.2, 0.25) is 9.84 Å². The first kappa shape index (κ1) is 17.0. The molecule has 0 N–H and O–H groups in total. The van der Waals surface area contributed by atoms with Crippen molar-refractivity contribution in [3.05, 3.63) is 54.1 Å². The fourth-order valence-corrected chi connectivity index (χ4v) is 3.78. The third-order valence-corrected chi connectivity index (χ3v) is 5.79. The van der Waals surface area contributed by atoms with Crippen molar-refractivity contribution in [2.75, 3.05) is 13.2 Å². The molecule has 0 aliphatic carbocycles. The first-order chi connectivity index (χ1) is 11.3. The topological polar surface area (TPSA) is 55.9 Å². The van der Waals surface area contributed by atoms with Crippen molar-refractivity contribution >= 4 is 9.84 Å². The second kappa shape index (κ2) is 6.22. The summed E-state index contributed by atoms with van der Waals surface area (Å²) < 4.78 is 36.9. The van der Waals surface area contributed by atoms with Gasteiger partial charge in [-0.05, 0) is 35.2 Å². The van der Waals surface area contributed by atoms with Crippen LogP contribution in [-0.2, 0) is 20.0 Å². The Kier molecular flexibility index (Phi) is 4.40. The Morgan fingerprint density at radius 3 is 2.38 bits per heavy atom. The van der Waals surface area contributed by atoms with E-state index in [1.807, 2.05) is 12.1 Å². The Balaban J connectivity index is 2.05. The molecular formula is C19H22O4S. The van der Waals surface area contributed by atoms with E-state index >= 15 is 0 Å². The van der Waals surface area contributed by atoms with Crippen molar-refractivity contribution in [2.24, 2.45) is 0 Å². The molecule has 1 heterocycles. The zero-order valence-corrected chi connectivity index (χ0v) is 15.0. The lowest BCUT2D eigenvalue weighted by Crippen LogP contribution is -2.14. The van der Waals surface area contributed by atoms with Gasteiger partial charge < -0.3 is 9.47 Å². The van der Waals surface area contributed by atoms with E-state index in [1.165, 1.54) is 0 Å². The summed E-state index contributed by atoms with van der Waals surface area (Å²) in [6.45, 7) is 7.29. The van der Waals surface area contributed by atoms with E-state index in [2.05, 4.69) is 20.8 Å². The molecule has 0 amide bonds. The quantitative estimate of drug-likeness (QED) is 0.776. The van der Waals surface area contributed by atoms with Gasteiger partial charge in [-0.15, -0.1) is 0 Å². The molecule has 0 radical (unpaired) electrons. The summed E-state index contributed by atoms with van der Waals surface area (Å²) in [6.07, 6.45) is 0.0653. The molecule has 1 fully saturated rings. The monoisotopic (exact) mass is 346 g/mol. The first-order valence-corrected chi connectivity index (χ1v) is 9.46. The molecule has 3 rings (SSSR count). The second-order valence-electron chi connectivity index (χ2n) is 6.99. The zero-order chi connectivity index (χ0) is 17.4. The van der Waals surface area contributed by atoms with Gasteiger partial charge >= 0.3 is 0 Å². The number of hydrogen-bond acceptors (Lipinski definition) is 4. The second-order valence-corrected chi connectivity index (χ2v) is 8.91. The first-order valence-electron chi connectivity index (χ1n) is 7.97. The van der Waals surface area contributed by atoms with E-state index in [0.717, 1.165) is 5.56 Å². The van der Waals surface area contributed by atoms with Crippen LogP contribution in [0.15, 0.2) is 58.3 Å². The SMILES string of the molecule is CC(C)(C)c1ccc(S(=O)(=O)c2ccccc2)c(OCC2CO2)c1. The molecule has 128 valence electrons. The van der Waals surface area contributed by atoms with Gasteiger partial charge in [0.25, 0.3) is 0 Å². The minimum absolute atomic E-state index is 0.0653. The summed E-state index contributed by atoms with van der Waals surface area (Å²) in [5.41, 5.74) is 0.935. The summed E-state index contributed by atoms with van der Waals surface area (Å²) in [4.78, 5) is 0.461. The standard InChI is InChI=1S/C19H22O4S/c1-19(2,3)14-9-10-18(17(11-14)23-13-15-12-22-15)24(20,21)16-7-5-4-6-8-16/h4-11,15H,12-13H2,1-3H3. The van der Waals surface area contributed by atoms with Gasteiger partial charge in [-0.25, -0.2) is 8.42 Å². The van der Waals surface area contributed by atoms with Crippen molar-refractivity contribution in [3.8, 4) is 5.75 Å². The Morgan fingerprint density at radius 2 is 1.79 bits per heavy atom. The molecule has 1 unspecified atom stereocenters. The van der Waals surface area contributed by atoms with E-state index in [1.54, 1.807) is 36.4 Å². The lowest BCUT2D eigenvalue weighted by molar-refractivity contribution is 0.257. The predicted octanol–water partition coefficient (Wildman–Crippen LogP) is 3.59. The molecule has 2 aromatic rings. The van der Waals surface area contributed by atoms with Crippen molar-refractivity contribution in [1.82, 2.24) is 0 Å². The van der Waals surface area contributed by atoms with Crippen LogP contribution in [0.3, 0.4) is 0 Å². The summed E-state index contributed by atoms with van der Waals surface area (Å²) in [7, 11) is -3.63. The van der Waals surface area contributed by atoms with Crippen molar-refractivity contribution < 1.29 is 17.9 Å². The number of ether oxygens (including phenoxy) is 2. The van der Waals surface area contributed by atoms with Crippen LogP contribution in [0.4, 0.5) is 0 Å². The molecule has 1 atom stereocenters. The van der Waals surface area contributed by atoms with E-state index in [4.69, 9.17) is 9.47 Å². The van der Waals surface area contributed by atoms with Crippen molar-refractivity contribution in [3.63, 3.8) is 0 Å². The highest BCUT2D eigenvalue weighted by atomic mass is 32.2. The molecule has 5 heteroatoms. The molecule has 0 spiro atoms.